The Morgan fingerprint density at radius 3 is 1.80 bits per heavy atom. The second-order valence-electron chi connectivity index (χ2n) is 7.53. The molecule has 4 rings (SSSR count). The first-order chi connectivity index (χ1) is 16.3. The minimum absolute atomic E-state index is 0.156. The zero-order valence-electron chi connectivity index (χ0n) is 18.2. The maximum Gasteiger partial charge on any atom is 0.294 e. The number of amides is 1. The maximum atomic E-state index is 13.0. The van der Waals surface area contributed by atoms with Gasteiger partial charge in [-0.15, -0.1) is 0 Å². The van der Waals surface area contributed by atoms with Crippen molar-refractivity contribution in [3.63, 3.8) is 0 Å². The van der Waals surface area contributed by atoms with E-state index in [1.54, 1.807) is 13.8 Å². The Kier molecular flexibility index (Phi) is 5.84. The smallest absolute Gasteiger partial charge is 0.294 e. The van der Waals surface area contributed by atoms with E-state index in [1.165, 1.54) is 30.3 Å². The van der Waals surface area contributed by atoms with Gasteiger partial charge in [0.15, 0.2) is 0 Å². The molecule has 35 heavy (non-hydrogen) atoms. The molecule has 1 aliphatic heterocycles. The maximum absolute atomic E-state index is 13.0. The molecule has 0 aliphatic carbocycles. The van der Waals surface area contributed by atoms with Crippen molar-refractivity contribution in [1.82, 2.24) is 9.78 Å². The number of aryl methyl sites for hydroxylation is 1. The third kappa shape index (κ3) is 4.59. The first-order valence-electron chi connectivity index (χ1n) is 9.83. The highest BCUT2D eigenvalue weighted by molar-refractivity contribution is 7.86. The van der Waals surface area contributed by atoms with Gasteiger partial charge in [0.25, 0.3) is 26.1 Å². The number of anilines is 1. The van der Waals surface area contributed by atoms with Crippen molar-refractivity contribution < 1.29 is 35.8 Å². The fourth-order valence-electron chi connectivity index (χ4n) is 3.40. The molecule has 2 heterocycles. The minimum Gasteiger partial charge on any atom is -0.493 e. The van der Waals surface area contributed by atoms with Crippen LogP contribution >= 0.6 is 0 Å². The molecule has 3 N–H and O–H groups in total. The highest BCUT2D eigenvalue weighted by Crippen LogP contribution is 2.31. The molecule has 3 aromatic rings. The summed E-state index contributed by atoms with van der Waals surface area (Å²) < 4.78 is 64.3. The number of aromatic nitrogens is 2. The number of nitrogens with zero attached hydrogens (tertiary/aromatic N) is 4. The molecule has 0 fully saturated rings. The third-order valence-electron chi connectivity index (χ3n) is 5.19. The van der Waals surface area contributed by atoms with Crippen LogP contribution in [0.1, 0.15) is 18.2 Å². The number of benzene rings is 2. The van der Waals surface area contributed by atoms with Crippen LogP contribution in [0.3, 0.4) is 0 Å². The molecule has 1 aromatic heterocycles. The zero-order valence-corrected chi connectivity index (χ0v) is 19.8. The van der Waals surface area contributed by atoms with Crippen LogP contribution in [0.15, 0.2) is 69.0 Å². The molecule has 0 unspecified atom stereocenters. The van der Waals surface area contributed by atoms with Crippen molar-refractivity contribution in [1.29, 1.82) is 0 Å². The molecule has 0 atom stereocenters. The van der Waals surface area contributed by atoms with E-state index >= 15 is 0 Å². The molecule has 0 saturated heterocycles. The van der Waals surface area contributed by atoms with Crippen LogP contribution in [-0.4, -0.2) is 52.4 Å². The van der Waals surface area contributed by atoms with E-state index in [2.05, 4.69) is 10.2 Å². The molecule has 0 bridgehead atoms. The second kappa shape index (κ2) is 8.42. The predicted octanol–water partition coefficient (Wildman–Crippen LogP) is 2.19. The summed E-state index contributed by atoms with van der Waals surface area (Å²) in [6.45, 7) is 3.19. The highest BCUT2D eigenvalue weighted by Gasteiger charge is 2.30. The summed E-state index contributed by atoms with van der Waals surface area (Å²) in [6.07, 6.45) is 1.41. The first kappa shape index (κ1) is 24.3. The van der Waals surface area contributed by atoms with Crippen LogP contribution in [0.5, 0.6) is 5.88 Å². The van der Waals surface area contributed by atoms with Gasteiger partial charge < -0.3 is 5.11 Å². The van der Waals surface area contributed by atoms with Crippen molar-refractivity contribution >= 4 is 43.6 Å². The lowest BCUT2D eigenvalue weighted by molar-refractivity contribution is -0.114. The van der Waals surface area contributed by atoms with E-state index in [4.69, 9.17) is 9.11 Å². The lowest BCUT2D eigenvalue weighted by Crippen LogP contribution is -2.21. The van der Waals surface area contributed by atoms with E-state index in [-0.39, 0.29) is 32.5 Å². The van der Waals surface area contributed by atoms with Gasteiger partial charge in [-0.2, -0.15) is 32.0 Å². The number of rotatable bonds is 5. The number of aromatic hydroxyl groups is 1. The average Bonchev–Trinajstić information content (AvgIpc) is 3.23. The summed E-state index contributed by atoms with van der Waals surface area (Å²) in [5, 5.41) is 20.2. The number of hydrogen-bond acceptors (Lipinski definition) is 8. The topological polar surface area (TPSA) is 179 Å². The second-order valence-corrected chi connectivity index (χ2v) is 10.4. The van der Waals surface area contributed by atoms with Crippen LogP contribution in [0.2, 0.25) is 0 Å². The molecule has 182 valence electrons. The van der Waals surface area contributed by atoms with Crippen LogP contribution in [0, 0.1) is 6.92 Å². The molecule has 2 aromatic carbocycles. The molecule has 12 nitrogen and oxygen atoms in total. The van der Waals surface area contributed by atoms with E-state index in [1.807, 2.05) is 0 Å². The van der Waals surface area contributed by atoms with E-state index in [0.29, 0.717) is 17.1 Å². The Balaban J connectivity index is 1.67. The molecule has 1 amide bonds. The van der Waals surface area contributed by atoms with Crippen LogP contribution < -0.4 is 5.01 Å². The van der Waals surface area contributed by atoms with Gasteiger partial charge in [0.1, 0.15) is 0 Å². The van der Waals surface area contributed by atoms with E-state index in [0.717, 1.165) is 34.0 Å². The number of hydrazone groups is 1. The summed E-state index contributed by atoms with van der Waals surface area (Å²) in [7, 11) is -8.77. The Hall–Kier alpha value is -3.85. The Labute approximate surface area is 199 Å². The first-order valence-corrected chi connectivity index (χ1v) is 12.7. The highest BCUT2D eigenvalue weighted by atomic mass is 32.2. The van der Waals surface area contributed by atoms with Gasteiger partial charge in [0.05, 0.1) is 43.7 Å². The molecule has 14 heteroatoms. The van der Waals surface area contributed by atoms with Crippen molar-refractivity contribution in [3.05, 3.63) is 65.4 Å². The Morgan fingerprint density at radius 2 is 1.31 bits per heavy atom. The SMILES string of the molecule is CC1=NN(c2ccc(S(=O)(=O)O)cc2)C(=O)C1=Cc1c(C)nn(-c2ccc(S(=O)(=O)O)cc2)c1O. The lowest BCUT2D eigenvalue weighted by atomic mass is 10.1. The summed E-state index contributed by atoms with van der Waals surface area (Å²) in [6, 6.07) is 9.91. The van der Waals surface area contributed by atoms with Gasteiger partial charge in [-0.25, -0.2) is 4.68 Å². The van der Waals surface area contributed by atoms with Crippen molar-refractivity contribution in [2.75, 3.05) is 5.01 Å². The Bertz CT molecular complexity index is 1620. The number of carbonyl (C=O) groups is 1. The molecular formula is C21H18N4O8S2. The molecule has 0 spiro atoms. The van der Waals surface area contributed by atoms with Gasteiger partial charge >= 0.3 is 0 Å². The molecule has 0 saturated carbocycles. The van der Waals surface area contributed by atoms with Crippen LogP contribution in [0.4, 0.5) is 5.69 Å². The minimum atomic E-state index is -4.39. The lowest BCUT2D eigenvalue weighted by Gasteiger charge is -2.12. The molecule has 1 aliphatic rings. The van der Waals surface area contributed by atoms with E-state index < -0.39 is 26.1 Å². The average molecular weight is 519 g/mol. The summed E-state index contributed by atoms with van der Waals surface area (Å²) in [5.41, 5.74) is 1.66. The normalized spacial score (nSPS) is 15.7. The van der Waals surface area contributed by atoms with Crippen molar-refractivity contribution in [2.45, 2.75) is 23.6 Å². The summed E-state index contributed by atoms with van der Waals surface area (Å²) in [4.78, 5) is 12.4. The molecule has 0 radical (unpaired) electrons. The van der Waals surface area contributed by atoms with Gasteiger partial charge in [-0.05, 0) is 68.5 Å². The van der Waals surface area contributed by atoms with E-state index in [9.17, 15) is 26.7 Å². The standard InChI is InChI=1S/C21H18N4O8S2/c1-12-18(20(26)24(22-12)14-3-7-16(8-4-14)34(28,29)30)11-19-13(2)23-25(21(19)27)15-5-9-17(10-6-15)35(31,32)33/h3-11,26H,1-2H3,(H,28,29,30)(H,31,32,33). The summed E-state index contributed by atoms with van der Waals surface area (Å²) in [5.74, 6) is -0.850. The number of carbonyl (C=O) groups excluding carboxylic acids is 1. The van der Waals surface area contributed by atoms with Crippen molar-refractivity contribution in [2.24, 2.45) is 5.10 Å². The largest absolute Gasteiger partial charge is 0.493 e. The fraction of sp³-hybridized carbons (Fsp3) is 0.0952. The van der Waals surface area contributed by atoms with Crippen LogP contribution in [0.25, 0.3) is 11.8 Å². The predicted molar refractivity (Wildman–Crippen MR) is 125 cm³/mol. The van der Waals surface area contributed by atoms with Gasteiger partial charge in [-0.1, -0.05) is 0 Å². The van der Waals surface area contributed by atoms with Gasteiger partial charge in [0.2, 0.25) is 5.88 Å². The van der Waals surface area contributed by atoms with Crippen molar-refractivity contribution in [3.8, 4) is 11.6 Å². The summed E-state index contributed by atoms with van der Waals surface area (Å²) >= 11 is 0. The molecular weight excluding hydrogens is 500 g/mol. The van der Waals surface area contributed by atoms with Gasteiger partial charge in [-0.3, -0.25) is 13.9 Å². The quantitative estimate of drug-likeness (QED) is 0.337. The van der Waals surface area contributed by atoms with Crippen LogP contribution in [-0.2, 0) is 25.0 Å². The monoisotopic (exact) mass is 518 g/mol. The van der Waals surface area contributed by atoms with Gasteiger partial charge in [0, 0.05) is 0 Å². The zero-order chi connectivity index (χ0) is 25.7. The Morgan fingerprint density at radius 1 is 0.829 bits per heavy atom. The third-order valence-corrected chi connectivity index (χ3v) is 6.93. The fourth-order valence-corrected chi connectivity index (χ4v) is 4.36. The number of hydrogen-bond donors (Lipinski definition) is 3.